The standard InChI is InChI=1S/C14H17N9S2.ClH/c1-5-8-24-13-16-12-15-10(2)9-11(23(12)18-13)25-14-17-19-20-22(14)7-6-21(3)4;/h1,9H,6-8H2,2-4H3;1H. The molecule has 12 heteroatoms. The van der Waals surface area contributed by atoms with E-state index < -0.39 is 0 Å². The third-order valence-electron chi connectivity index (χ3n) is 3.13. The summed E-state index contributed by atoms with van der Waals surface area (Å²) >= 11 is 2.84. The number of tetrazole rings is 1. The van der Waals surface area contributed by atoms with Crippen molar-refractivity contribution in [3.05, 3.63) is 11.8 Å². The summed E-state index contributed by atoms with van der Waals surface area (Å²) in [6.45, 7) is 3.47. The summed E-state index contributed by atoms with van der Waals surface area (Å²) in [5, 5.41) is 18.6. The second-order valence-corrected chi connectivity index (χ2v) is 7.35. The molecule has 0 unspecified atom stereocenters. The Kier molecular flexibility index (Phi) is 7.22. The number of hydrogen-bond donors (Lipinski definition) is 0. The van der Waals surface area contributed by atoms with Gasteiger partial charge in [0.1, 0.15) is 5.03 Å². The Labute approximate surface area is 165 Å². The van der Waals surface area contributed by atoms with Crippen molar-refractivity contribution in [2.24, 2.45) is 0 Å². The van der Waals surface area contributed by atoms with E-state index in [0.29, 0.717) is 28.4 Å². The van der Waals surface area contributed by atoms with Gasteiger partial charge in [0.2, 0.25) is 10.3 Å². The van der Waals surface area contributed by atoms with E-state index in [1.54, 1.807) is 9.20 Å². The van der Waals surface area contributed by atoms with Crippen LogP contribution >= 0.6 is 35.9 Å². The number of fused-ring (bicyclic) bond motifs is 1. The number of thioether (sulfide) groups is 1. The molecule has 0 N–H and O–H groups in total. The topological polar surface area (TPSA) is 89.9 Å². The number of aromatic nitrogens is 8. The highest BCUT2D eigenvalue weighted by Gasteiger charge is 2.15. The highest BCUT2D eigenvalue weighted by molar-refractivity contribution is 7.99. The molecule has 3 rings (SSSR count). The van der Waals surface area contributed by atoms with E-state index in [9.17, 15) is 0 Å². The average molecular weight is 412 g/mol. The third kappa shape index (κ3) is 4.85. The maximum Gasteiger partial charge on any atom is 0.254 e. The molecule has 3 aromatic heterocycles. The minimum Gasteiger partial charge on any atom is -0.308 e. The van der Waals surface area contributed by atoms with Crippen molar-refractivity contribution in [1.29, 1.82) is 0 Å². The summed E-state index contributed by atoms with van der Waals surface area (Å²) < 4.78 is 3.47. The molecule has 0 saturated carbocycles. The van der Waals surface area contributed by atoms with Crippen LogP contribution in [0, 0.1) is 19.3 Å². The van der Waals surface area contributed by atoms with Crippen molar-refractivity contribution in [2.75, 3.05) is 26.4 Å². The van der Waals surface area contributed by atoms with Crippen LogP contribution in [0.2, 0.25) is 0 Å². The molecule has 0 aliphatic carbocycles. The first-order valence-electron chi connectivity index (χ1n) is 7.46. The van der Waals surface area contributed by atoms with Gasteiger partial charge in [-0.2, -0.15) is 9.50 Å². The molecule has 26 heavy (non-hydrogen) atoms. The van der Waals surface area contributed by atoms with Gasteiger partial charge in [-0.15, -0.1) is 29.0 Å². The van der Waals surface area contributed by atoms with E-state index in [1.165, 1.54) is 23.5 Å². The molecular formula is C14H18ClN9S2. The molecule has 0 aliphatic rings. The molecule has 9 nitrogen and oxygen atoms in total. The summed E-state index contributed by atoms with van der Waals surface area (Å²) in [7, 11) is 4.02. The first kappa shape index (κ1) is 20.4. The lowest BCUT2D eigenvalue weighted by Crippen LogP contribution is -2.19. The molecule has 0 radical (unpaired) electrons. The predicted octanol–water partition coefficient (Wildman–Crippen LogP) is 1.28. The Morgan fingerprint density at radius 1 is 1.31 bits per heavy atom. The van der Waals surface area contributed by atoms with Gasteiger partial charge in [-0.3, -0.25) is 0 Å². The lowest BCUT2D eigenvalue weighted by atomic mass is 10.5. The van der Waals surface area contributed by atoms with Gasteiger partial charge >= 0.3 is 0 Å². The van der Waals surface area contributed by atoms with Crippen LogP contribution < -0.4 is 0 Å². The Hall–Kier alpha value is -1.87. The molecule has 138 valence electrons. The summed E-state index contributed by atoms with van der Waals surface area (Å²) in [6.07, 6.45) is 5.30. The molecule has 0 amide bonds. The summed E-state index contributed by atoms with van der Waals surface area (Å²) in [5.41, 5.74) is 0.850. The van der Waals surface area contributed by atoms with Gasteiger partial charge in [0.15, 0.2) is 0 Å². The van der Waals surface area contributed by atoms with E-state index in [-0.39, 0.29) is 12.4 Å². The summed E-state index contributed by atoms with van der Waals surface area (Å²) in [5.74, 6) is 3.62. The second kappa shape index (κ2) is 9.18. The molecule has 0 fully saturated rings. The first-order chi connectivity index (χ1) is 12.1. The van der Waals surface area contributed by atoms with Crippen LogP contribution in [0.1, 0.15) is 5.69 Å². The zero-order valence-electron chi connectivity index (χ0n) is 14.5. The van der Waals surface area contributed by atoms with Crippen molar-refractivity contribution in [1.82, 2.24) is 44.7 Å². The second-order valence-electron chi connectivity index (χ2n) is 5.42. The van der Waals surface area contributed by atoms with Gasteiger partial charge in [0.05, 0.1) is 12.3 Å². The largest absolute Gasteiger partial charge is 0.308 e. The molecule has 3 aromatic rings. The summed E-state index contributed by atoms with van der Waals surface area (Å²) in [6, 6.07) is 1.94. The highest BCUT2D eigenvalue weighted by Crippen LogP contribution is 2.26. The number of halogens is 1. The van der Waals surface area contributed by atoms with Crippen molar-refractivity contribution < 1.29 is 0 Å². The molecular weight excluding hydrogens is 394 g/mol. The Morgan fingerprint density at radius 2 is 2.12 bits per heavy atom. The van der Waals surface area contributed by atoms with E-state index >= 15 is 0 Å². The average Bonchev–Trinajstić information content (AvgIpc) is 3.17. The van der Waals surface area contributed by atoms with E-state index in [0.717, 1.165) is 17.3 Å². The fourth-order valence-corrected chi connectivity index (χ4v) is 3.41. The quantitative estimate of drug-likeness (QED) is 0.324. The van der Waals surface area contributed by atoms with Crippen molar-refractivity contribution >= 4 is 41.7 Å². The molecule has 0 spiro atoms. The van der Waals surface area contributed by atoms with E-state index in [1.807, 2.05) is 27.1 Å². The molecule has 0 bridgehead atoms. The lowest BCUT2D eigenvalue weighted by Gasteiger charge is -2.10. The Balaban J connectivity index is 0.00000243. The minimum absolute atomic E-state index is 0. The lowest BCUT2D eigenvalue weighted by molar-refractivity contribution is 0.361. The molecule has 0 atom stereocenters. The highest BCUT2D eigenvalue weighted by atomic mass is 35.5. The Morgan fingerprint density at radius 3 is 2.85 bits per heavy atom. The SMILES string of the molecule is C#CCSc1nc2nc(C)cc(Sc3nnnn3CCN(C)C)n2n1.Cl. The molecule has 0 aliphatic heterocycles. The number of nitrogens with zero attached hydrogens (tertiary/aromatic N) is 9. The molecule has 0 aromatic carbocycles. The summed E-state index contributed by atoms with van der Waals surface area (Å²) in [4.78, 5) is 10.9. The van der Waals surface area contributed by atoms with Crippen molar-refractivity contribution in [3.8, 4) is 12.3 Å². The Bertz CT molecular complexity index is 915. The van der Waals surface area contributed by atoms with Gasteiger partial charge in [-0.25, -0.2) is 9.67 Å². The first-order valence-corrected chi connectivity index (χ1v) is 9.26. The van der Waals surface area contributed by atoms with Gasteiger partial charge in [-0.1, -0.05) is 17.7 Å². The van der Waals surface area contributed by atoms with Crippen molar-refractivity contribution in [2.45, 2.75) is 28.8 Å². The van der Waals surface area contributed by atoms with Gasteiger partial charge in [0.25, 0.3) is 5.78 Å². The van der Waals surface area contributed by atoms with Crippen LogP contribution in [-0.2, 0) is 6.54 Å². The smallest absolute Gasteiger partial charge is 0.254 e. The fourth-order valence-electron chi connectivity index (χ4n) is 1.97. The van der Waals surface area contributed by atoms with Crippen LogP contribution in [0.3, 0.4) is 0 Å². The number of hydrogen-bond acceptors (Lipinski definition) is 9. The predicted molar refractivity (Wildman–Crippen MR) is 103 cm³/mol. The monoisotopic (exact) mass is 411 g/mol. The third-order valence-corrected chi connectivity index (χ3v) is 4.84. The number of likely N-dealkylation sites (N-methyl/N-ethyl adjacent to an activating group) is 1. The van der Waals surface area contributed by atoms with Crippen LogP contribution in [-0.4, -0.2) is 71.1 Å². The van der Waals surface area contributed by atoms with Gasteiger partial charge < -0.3 is 4.90 Å². The zero-order valence-corrected chi connectivity index (χ0v) is 17.0. The van der Waals surface area contributed by atoms with E-state index in [4.69, 9.17) is 6.42 Å². The van der Waals surface area contributed by atoms with E-state index in [2.05, 4.69) is 41.4 Å². The normalized spacial score (nSPS) is 10.9. The van der Waals surface area contributed by atoms with Crippen LogP contribution in [0.15, 0.2) is 21.4 Å². The zero-order chi connectivity index (χ0) is 17.8. The van der Waals surface area contributed by atoms with Crippen LogP contribution in [0.5, 0.6) is 0 Å². The molecule has 3 heterocycles. The van der Waals surface area contributed by atoms with Crippen molar-refractivity contribution in [3.63, 3.8) is 0 Å². The number of aryl methyl sites for hydroxylation is 1. The number of terminal acetylenes is 1. The molecule has 0 saturated heterocycles. The fraction of sp³-hybridized carbons (Fsp3) is 0.429. The van der Waals surface area contributed by atoms with Crippen LogP contribution in [0.25, 0.3) is 5.78 Å². The minimum atomic E-state index is 0. The van der Waals surface area contributed by atoms with Gasteiger partial charge in [-0.05, 0) is 49.3 Å². The van der Waals surface area contributed by atoms with Crippen LogP contribution in [0.4, 0.5) is 0 Å². The number of rotatable bonds is 7. The maximum atomic E-state index is 5.30. The maximum absolute atomic E-state index is 5.30. The van der Waals surface area contributed by atoms with Gasteiger partial charge in [0, 0.05) is 12.2 Å².